The van der Waals surface area contributed by atoms with Crippen molar-refractivity contribution in [3.05, 3.63) is 41.9 Å². The van der Waals surface area contributed by atoms with Gasteiger partial charge in [0.25, 0.3) is 0 Å². The average Bonchev–Trinajstić information content (AvgIpc) is 3.18. The Morgan fingerprint density at radius 3 is 2.50 bits per heavy atom. The molecular formula is C20H28N4S2. The van der Waals surface area contributed by atoms with Gasteiger partial charge in [0, 0.05) is 27.9 Å². The fourth-order valence-corrected chi connectivity index (χ4v) is 3.47. The molecule has 0 saturated carbocycles. The lowest BCUT2D eigenvalue weighted by atomic mass is 10.2. The lowest BCUT2D eigenvalue weighted by molar-refractivity contribution is 0.520. The van der Waals surface area contributed by atoms with E-state index < -0.39 is 0 Å². The summed E-state index contributed by atoms with van der Waals surface area (Å²) in [7, 11) is 0. The number of rotatable bonds is 2. The van der Waals surface area contributed by atoms with Gasteiger partial charge in [0.1, 0.15) is 4.83 Å². The van der Waals surface area contributed by atoms with Crippen LogP contribution in [0.5, 0.6) is 0 Å². The number of aromatic nitrogens is 1. The van der Waals surface area contributed by atoms with Crippen LogP contribution in [0.4, 0.5) is 17.1 Å². The highest BCUT2D eigenvalue weighted by Crippen LogP contribution is 2.29. The molecule has 0 unspecified atom stereocenters. The highest BCUT2D eigenvalue weighted by molar-refractivity contribution is 7.80. The molecule has 4 nitrogen and oxygen atoms in total. The number of nitrogens with zero attached hydrogens (tertiary/aromatic N) is 1. The highest BCUT2D eigenvalue weighted by atomic mass is 32.1. The Bertz CT molecular complexity index is 786. The van der Waals surface area contributed by atoms with E-state index in [0.29, 0.717) is 5.69 Å². The Morgan fingerprint density at radius 2 is 1.88 bits per heavy atom. The molecule has 0 bridgehead atoms. The lowest BCUT2D eigenvalue weighted by Crippen LogP contribution is -2.21. The second kappa shape index (κ2) is 11.1. The molecule has 0 radical (unpaired) electrons. The van der Waals surface area contributed by atoms with Crippen LogP contribution in [0.25, 0.3) is 10.2 Å². The minimum absolute atomic E-state index is 0.666. The third-order valence-corrected chi connectivity index (χ3v) is 5.11. The zero-order valence-corrected chi connectivity index (χ0v) is 17.2. The van der Waals surface area contributed by atoms with Crippen molar-refractivity contribution in [3.63, 3.8) is 0 Å². The minimum atomic E-state index is 0.666. The van der Waals surface area contributed by atoms with Gasteiger partial charge in [-0.1, -0.05) is 20.3 Å². The number of nitrogen functional groups attached to an aromatic ring is 1. The van der Waals surface area contributed by atoms with Crippen LogP contribution in [0.1, 0.15) is 33.1 Å². The molecule has 1 aromatic carbocycles. The van der Waals surface area contributed by atoms with Gasteiger partial charge >= 0.3 is 0 Å². The second-order valence-electron chi connectivity index (χ2n) is 5.71. The topological polar surface area (TPSA) is 63.0 Å². The summed E-state index contributed by atoms with van der Waals surface area (Å²) in [5.74, 6) is 0. The lowest BCUT2D eigenvalue weighted by Gasteiger charge is -2.09. The van der Waals surface area contributed by atoms with Gasteiger partial charge in [0.2, 0.25) is 0 Å². The number of nitrogens with two attached hydrogens (primary N) is 1. The number of nitrogens with one attached hydrogen (secondary N) is 2. The van der Waals surface area contributed by atoms with Gasteiger partial charge in [-0.05, 0) is 61.6 Å². The molecule has 3 heterocycles. The van der Waals surface area contributed by atoms with Gasteiger partial charge in [-0.3, -0.25) is 0 Å². The summed E-state index contributed by atoms with van der Waals surface area (Å²) in [5.41, 5.74) is 8.49. The summed E-state index contributed by atoms with van der Waals surface area (Å²) >= 11 is 5.89. The van der Waals surface area contributed by atoms with E-state index >= 15 is 0 Å². The number of piperidine rings is 1. The van der Waals surface area contributed by atoms with E-state index in [1.807, 2.05) is 43.5 Å². The highest BCUT2D eigenvalue weighted by Gasteiger charge is 2.04. The van der Waals surface area contributed by atoms with E-state index in [1.54, 1.807) is 17.5 Å². The summed E-state index contributed by atoms with van der Waals surface area (Å²) in [6.45, 7) is 6.50. The Hall–Kier alpha value is -1.76. The number of thiol groups is 1. The monoisotopic (exact) mass is 388 g/mol. The van der Waals surface area contributed by atoms with Gasteiger partial charge in [0.05, 0.1) is 5.69 Å². The number of thiophene rings is 1. The normalized spacial score (nSPS) is 13.2. The Balaban J connectivity index is 0.000000256. The molecule has 0 spiro atoms. The van der Waals surface area contributed by atoms with E-state index in [-0.39, 0.29) is 0 Å². The summed E-state index contributed by atoms with van der Waals surface area (Å²) in [6, 6.07) is 9.73. The van der Waals surface area contributed by atoms with Crippen LogP contribution in [-0.2, 0) is 0 Å². The molecular weight excluding hydrogens is 360 g/mol. The summed E-state index contributed by atoms with van der Waals surface area (Å²) in [4.78, 5) is 6.13. The molecule has 0 aliphatic carbocycles. The predicted octanol–water partition coefficient (Wildman–Crippen LogP) is 5.70. The zero-order valence-electron chi connectivity index (χ0n) is 15.5. The first kappa shape index (κ1) is 20.6. The standard InChI is InChI=1S/C13H11N3S2.C5H11N.C2H6/c14-10-7-8(1-2-12(10)17)16-11-3-5-15-13-9(11)4-6-18-13;1-2-4-6-5-3-1;1-2/h1-7,17H,14H2,(H,15,16);6H,1-5H2;1-2H3. The first-order valence-corrected chi connectivity index (χ1v) is 10.4. The minimum Gasteiger partial charge on any atom is -0.398 e. The van der Waals surface area contributed by atoms with Gasteiger partial charge in [-0.2, -0.15) is 0 Å². The summed E-state index contributed by atoms with van der Waals surface area (Å²) < 4.78 is 0. The number of pyridine rings is 1. The van der Waals surface area contributed by atoms with Gasteiger partial charge in [-0.25, -0.2) is 4.98 Å². The SMILES string of the molecule is C1CCNCC1.CC.Nc1cc(Nc2ccnc3sccc23)ccc1S. The second-order valence-corrected chi connectivity index (χ2v) is 7.08. The largest absolute Gasteiger partial charge is 0.398 e. The Morgan fingerprint density at radius 1 is 1.12 bits per heavy atom. The van der Waals surface area contributed by atoms with Crippen molar-refractivity contribution in [2.24, 2.45) is 0 Å². The van der Waals surface area contributed by atoms with E-state index in [4.69, 9.17) is 5.73 Å². The van der Waals surface area contributed by atoms with Gasteiger partial charge in [-0.15, -0.1) is 24.0 Å². The number of benzene rings is 1. The Labute approximate surface area is 165 Å². The Kier molecular flexibility index (Phi) is 8.74. The number of hydrogen-bond donors (Lipinski definition) is 4. The molecule has 1 fully saturated rings. The first-order chi connectivity index (χ1) is 12.7. The van der Waals surface area contributed by atoms with E-state index in [2.05, 4.69) is 34.3 Å². The zero-order chi connectivity index (χ0) is 18.8. The third kappa shape index (κ3) is 5.90. The van der Waals surface area contributed by atoms with Gasteiger partial charge < -0.3 is 16.4 Å². The van der Waals surface area contributed by atoms with E-state index in [9.17, 15) is 0 Å². The predicted molar refractivity (Wildman–Crippen MR) is 119 cm³/mol. The molecule has 1 aliphatic rings. The maximum Gasteiger partial charge on any atom is 0.125 e. The fourth-order valence-electron chi connectivity index (χ4n) is 2.57. The van der Waals surface area contributed by atoms with Crippen molar-refractivity contribution < 1.29 is 0 Å². The molecule has 2 aromatic heterocycles. The van der Waals surface area contributed by atoms with Crippen LogP contribution in [0.2, 0.25) is 0 Å². The fraction of sp³-hybridized carbons (Fsp3) is 0.350. The van der Waals surface area contributed by atoms with Crippen molar-refractivity contribution in [1.82, 2.24) is 10.3 Å². The maximum atomic E-state index is 5.84. The van der Waals surface area contributed by atoms with Crippen molar-refractivity contribution >= 4 is 51.2 Å². The molecule has 0 atom stereocenters. The molecule has 4 rings (SSSR count). The smallest absolute Gasteiger partial charge is 0.125 e. The van der Waals surface area contributed by atoms with Crippen LogP contribution in [-0.4, -0.2) is 18.1 Å². The quantitative estimate of drug-likeness (QED) is 0.336. The van der Waals surface area contributed by atoms with Crippen molar-refractivity contribution in [2.45, 2.75) is 38.0 Å². The summed E-state index contributed by atoms with van der Waals surface area (Å²) in [5, 5.41) is 9.80. The van der Waals surface area contributed by atoms with Crippen LogP contribution in [0.3, 0.4) is 0 Å². The molecule has 1 saturated heterocycles. The molecule has 6 heteroatoms. The molecule has 140 valence electrons. The van der Waals surface area contributed by atoms with Crippen molar-refractivity contribution in [1.29, 1.82) is 0 Å². The number of hydrogen-bond acceptors (Lipinski definition) is 6. The van der Waals surface area contributed by atoms with Crippen molar-refractivity contribution in [3.8, 4) is 0 Å². The maximum absolute atomic E-state index is 5.84. The van der Waals surface area contributed by atoms with Crippen LogP contribution < -0.4 is 16.4 Å². The average molecular weight is 389 g/mol. The van der Waals surface area contributed by atoms with Crippen LogP contribution >= 0.6 is 24.0 Å². The van der Waals surface area contributed by atoms with E-state index in [1.165, 1.54) is 32.4 Å². The molecule has 1 aliphatic heterocycles. The van der Waals surface area contributed by atoms with Gasteiger partial charge in [0.15, 0.2) is 0 Å². The molecule has 4 N–H and O–H groups in total. The number of anilines is 3. The van der Waals surface area contributed by atoms with Crippen LogP contribution in [0, 0.1) is 0 Å². The molecule has 26 heavy (non-hydrogen) atoms. The molecule has 3 aromatic rings. The molecule has 0 amide bonds. The third-order valence-electron chi connectivity index (χ3n) is 3.88. The summed E-state index contributed by atoms with van der Waals surface area (Å²) in [6.07, 6.45) is 6.02. The first-order valence-electron chi connectivity index (χ1n) is 9.12. The van der Waals surface area contributed by atoms with Crippen molar-refractivity contribution in [2.75, 3.05) is 24.1 Å². The van der Waals surface area contributed by atoms with E-state index in [0.717, 1.165) is 26.5 Å². The number of fused-ring (bicyclic) bond motifs is 1. The van der Waals surface area contributed by atoms with Crippen LogP contribution in [0.15, 0.2) is 46.8 Å².